The molecule has 40 heavy (non-hydrogen) atoms. The average molecular weight is 566 g/mol. The number of hydrogen-bond acceptors (Lipinski definition) is 9. The first-order valence-corrected chi connectivity index (χ1v) is 12.0. The summed E-state index contributed by atoms with van der Waals surface area (Å²) in [5.41, 5.74) is 0. The van der Waals surface area contributed by atoms with Crippen LogP contribution >= 0.6 is 0 Å². The molecule has 17 nitrogen and oxygen atoms in total. The minimum absolute atomic E-state index is 0.0332. The highest BCUT2D eigenvalue weighted by Crippen LogP contribution is 2.11. The standard InChI is InChI=1S/C23H31N7O10/c1-14(31)10-29-8-5-24-17(29)11-28(12-18-25-6-9-30(18)13-20(34)35)7-4-16(22(38)39)27-23(40)26-15(21(36)37)2-3-19(32)33/h5-6,8-9,15-16H,2-4,7,10-13H2,1H3,(H,32,33)(H,34,35)(H,36,37)(H,38,39)(H2,26,27,40)/t15-,16-/m0/s1. The number of carboxylic acid groups (broad SMARTS) is 4. The summed E-state index contributed by atoms with van der Waals surface area (Å²) < 4.78 is 3.02. The van der Waals surface area contributed by atoms with Crippen LogP contribution in [0.2, 0.25) is 0 Å². The first-order chi connectivity index (χ1) is 18.8. The summed E-state index contributed by atoms with van der Waals surface area (Å²) in [7, 11) is 0. The zero-order valence-electron chi connectivity index (χ0n) is 21.6. The molecule has 0 aliphatic rings. The lowest BCUT2D eigenvalue weighted by molar-refractivity contribution is -0.141. The predicted octanol–water partition coefficient (Wildman–Crippen LogP) is -0.784. The molecular formula is C23H31N7O10. The van der Waals surface area contributed by atoms with Gasteiger partial charge in [-0.2, -0.15) is 0 Å². The minimum atomic E-state index is -1.55. The first-order valence-electron chi connectivity index (χ1n) is 12.0. The molecule has 2 rings (SSSR count). The molecule has 2 amide bonds. The van der Waals surface area contributed by atoms with E-state index in [-0.39, 0.29) is 44.9 Å². The van der Waals surface area contributed by atoms with Crippen LogP contribution in [0.4, 0.5) is 4.79 Å². The molecule has 2 heterocycles. The van der Waals surface area contributed by atoms with Gasteiger partial charge in [0.1, 0.15) is 36.1 Å². The molecule has 0 radical (unpaired) electrons. The van der Waals surface area contributed by atoms with E-state index in [1.54, 1.807) is 15.7 Å². The van der Waals surface area contributed by atoms with Gasteiger partial charge in [0, 0.05) is 37.8 Å². The maximum absolute atomic E-state index is 12.3. The molecule has 0 aromatic carbocycles. The van der Waals surface area contributed by atoms with Crippen molar-refractivity contribution in [2.45, 2.75) is 64.4 Å². The molecule has 0 unspecified atom stereocenters. The van der Waals surface area contributed by atoms with Gasteiger partial charge < -0.3 is 40.2 Å². The molecule has 0 saturated heterocycles. The predicted molar refractivity (Wildman–Crippen MR) is 133 cm³/mol. The second-order valence-corrected chi connectivity index (χ2v) is 8.87. The van der Waals surface area contributed by atoms with Crippen LogP contribution in [0.1, 0.15) is 37.8 Å². The van der Waals surface area contributed by atoms with Crippen molar-refractivity contribution in [3.63, 3.8) is 0 Å². The zero-order chi connectivity index (χ0) is 29.8. The quantitative estimate of drug-likeness (QED) is 0.130. The van der Waals surface area contributed by atoms with Gasteiger partial charge in [-0.1, -0.05) is 0 Å². The monoisotopic (exact) mass is 565 g/mol. The van der Waals surface area contributed by atoms with Gasteiger partial charge in [0.05, 0.1) is 19.6 Å². The number of aliphatic carboxylic acids is 4. The summed E-state index contributed by atoms with van der Waals surface area (Å²) in [5, 5.41) is 41.1. The highest BCUT2D eigenvalue weighted by Gasteiger charge is 2.26. The number of carboxylic acids is 4. The Kier molecular flexibility index (Phi) is 11.7. The molecule has 0 spiro atoms. The van der Waals surface area contributed by atoms with Crippen molar-refractivity contribution in [2.24, 2.45) is 0 Å². The molecule has 2 aromatic heterocycles. The van der Waals surface area contributed by atoms with Crippen molar-refractivity contribution in [3.8, 4) is 0 Å². The van der Waals surface area contributed by atoms with Gasteiger partial charge in [-0.15, -0.1) is 0 Å². The lowest BCUT2D eigenvalue weighted by Crippen LogP contribution is -2.51. The van der Waals surface area contributed by atoms with Crippen LogP contribution in [0.5, 0.6) is 0 Å². The van der Waals surface area contributed by atoms with Gasteiger partial charge in [-0.25, -0.2) is 24.4 Å². The van der Waals surface area contributed by atoms with E-state index in [0.29, 0.717) is 11.6 Å². The van der Waals surface area contributed by atoms with E-state index < -0.39 is 54.8 Å². The highest BCUT2D eigenvalue weighted by atomic mass is 16.4. The Balaban J connectivity index is 2.17. The molecule has 2 aromatic rings. The number of rotatable bonds is 18. The minimum Gasteiger partial charge on any atom is -0.481 e. The molecule has 218 valence electrons. The van der Waals surface area contributed by atoms with Crippen molar-refractivity contribution >= 4 is 35.7 Å². The Hall–Kier alpha value is -4.80. The lowest BCUT2D eigenvalue weighted by Gasteiger charge is -2.25. The number of urea groups is 1. The van der Waals surface area contributed by atoms with Crippen LogP contribution in [0.25, 0.3) is 0 Å². The average Bonchev–Trinajstić information content (AvgIpc) is 3.46. The Morgan fingerprint density at radius 1 is 0.800 bits per heavy atom. The van der Waals surface area contributed by atoms with Gasteiger partial charge in [0.25, 0.3) is 0 Å². The lowest BCUT2D eigenvalue weighted by atomic mass is 10.1. The van der Waals surface area contributed by atoms with Crippen LogP contribution < -0.4 is 10.6 Å². The Morgan fingerprint density at radius 2 is 1.30 bits per heavy atom. The molecule has 2 atom stereocenters. The van der Waals surface area contributed by atoms with Crippen LogP contribution in [-0.2, 0) is 50.2 Å². The molecule has 0 aliphatic carbocycles. The van der Waals surface area contributed by atoms with Crippen LogP contribution in [0.15, 0.2) is 24.8 Å². The summed E-state index contributed by atoms with van der Waals surface area (Å²) >= 11 is 0. The third kappa shape index (κ3) is 10.5. The highest BCUT2D eigenvalue weighted by molar-refractivity contribution is 5.86. The van der Waals surface area contributed by atoms with Crippen molar-refractivity contribution in [3.05, 3.63) is 36.4 Å². The van der Waals surface area contributed by atoms with E-state index in [1.165, 1.54) is 30.1 Å². The second-order valence-electron chi connectivity index (χ2n) is 8.87. The number of nitrogens with zero attached hydrogens (tertiary/aromatic N) is 5. The van der Waals surface area contributed by atoms with Gasteiger partial charge in [0.2, 0.25) is 0 Å². The van der Waals surface area contributed by atoms with Gasteiger partial charge in [-0.05, 0) is 19.8 Å². The number of nitrogens with one attached hydrogen (secondary N) is 2. The zero-order valence-corrected chi connectivity index (χ0v) is 21.6. The van der Waals surface area contributed by atoms with Gasteiger partial charge in [-0.3, -0.25) is 19.3 Å². The summed E-state index contributed by atoms with van der Waals surface area (Å²) in [4.78, 5) is 79.3. The summed E-state index contributed by atoms with van der Waals surface area (Å²) in [6.07, 6.45) is 4.91. The fourth-order valence-electron chi connectivity index (χ4n) is 3.72. The van der Waals surface area contributed by atoms with E-state index in [1.807, 2.05) is 0 Å². The number of carbonyl (C=O) groups excluding carboxylic acids is 2. The fraction of sp³-hybridized carbons (Fsp3) is 0.478. The van der Waals surface area contributed by atoms with E-state index >= 15 is 0 Å². The molecule has 0 saturated carbocycles. The summed E-state index contributed by atoms with van der Waals surface area (Å²) in [6.45, 7) is 1.34. The Labute approximate surface area is 227 Å². The number of carbonyl (C=O) groups is 6. The third-order valence-electron chi connectivity index (χ3n) is 5.62. The van der Waals surface area contributed by atoms with Gasteiger partial charge >= 0.3 is 29.9 Å². The van der Waals surface area contributed by atoms with E-state index in [9.17, 15) is 39.0 Å². The van der Waals surface area contributed by atoms with Crippen LogP contribution in [0, 0.1) is 0 Å². The molecule has 17 heteroatoms. The molecule has 6 N–H and O–H groups in total. The van der Waals surface area contributed by atoms with Crippen LogP contribution in [-0.4, -0.2) is 98.7 Å². The largest absolute Gasteiger partial charge is 0.481 e. The number of amides is 2. The summed E-state index contributed by atoms with van der Waals surface area (Å²) in [6, 6.07) is -4.12. The van der Waals surface area contributed by atoms with Crippen molar-refractivity contribution in [1.82, 2.24) is 34.6 Å². The first kappa shape index (κ1) is 31.4. The van der Waals surface area contributed by atoms with Crippen molar-refractivity contribution in [2.75, 3.05) is 6.54 Å². The third-order valence-corrected chi connectivity index (χ3v) is 5.62. The maximum Gasteiger partial charge on any atom is 0.326 e. The molecule has 0 bridgehead atoms. The van der Waals surface area contributed by atoms with E-state index in [2.05, 4.69) is 20.6 Å². The topological polar surface area (TPSA) is 246 Å². The van der Waals surface area contributed by atoms with E-state index in [0.717, 1.165) is 0 Å². The Bertz CT molecular complexity index is 1170. The number of Topliss-reactive ketones (excluding diaryl/α,β-unsaturated/α-hetero) is 1. The van der Waals surface area contributed by atoms with Gasteiger partial charge in [0.15, 0.2) is 0 Å². The Morgan fingerprint density at radius 3 is 1.75 bits per heavy atom. The van der Waals surface area contributed by atoms with Crippen LogP contribution in [0.3, 0.4) is 0 Å². The number of aromatic nitrogens is 4. The smallest absolute Gasteiger partial charge is 0.326 e. The second kappa shape index (κ2) is 15.0. The van der Waals surface area contributed by atoms with E-state index in [4.69, 9.17) is 10.2 Å². The number of hydrogen-bond donors (Lipinski definition) is 6. The number of ketones is 1. The molecule has 0 aliphatic heterocycles. The SMILES string of the molecule is CC(=O)Cn1ccnc1CN(CC[C@H](NC(=O)N[C@@H](CCC(=O)O)C(=O)O)C(=O)O)Cc1nccn1CC(=O)O. The van der Waals surface area contributed by atoms with Crippen molar-refractivity contribution < 1.29 is 49.2 Å². The molecular weight excluding hydrogens is 534 g/mol. The fourth-order valence-corrected chi connectivity index (χ4v) is 3.72. The van der Waals surface area contributed by atoms with Crippen molar-refractivity contribution in [1.29, 1.82) is 0 Å². The summed E-state index contributed by atoms with van der Waals surface area (Å²) in [5.74, 6) is -4.51. The molecule has 0 fully saturated rings. The number of imidazole rings is 2. The maximum atomic E-state index is 12.3. The normalized spacial score (nSPS) is 12.4.